The Labute approximate surface area is 112 Å². The number of hydrogen-bond acceptors (Lipinski definition) is 1. The molecular weight excluding hydrogens is 313 g/mol. The van der Waals surface area contributed by atoms with Crippen LogP contribution >= 0.6 is 15.9 Å². The Kier molecular flexibility index (Phi) is 6.98. The summed E-state index contributed by atoms with van der Waals surface area (Å²) >= 11 is 2.85. The number of aryl methyl sites for hydroxylation is 1. The van der Waals surface area contributed by atoms with Gasteiger partial charge in [-0.05, 0) is 34.0 Å². The van der Waals surface area contributed by atoms with Gasteiger partial charge in [0.15, 0.2) is 0 Å². The average Bonchev–Trinajstić information content (AvgIpc) is 2.28. The van der Waals surface area contributed by atoms with Crippen LogP contribution in [0, 0.1) is 0 Å². The maximum atomic E-state index is 12.5. The minimum Gasteiger partial charge on any atom is -0.481 e. The number of carbonyl (C=O) groups is 1. The van der Waals surface area contributed by atoms with Gasteiger partial charge in [-0.15, -0.1) is 0 Å². The molecule has 1 aromatic carbocycles. The lowest BCUT2D eigenvalue weighted by Crippen LogP contribution is -2.08. The second kappa shape index (κ2) is 7.41. The molecule has 0 spiro atoms. The zero-order valence-corrected chi connectivity index (χ0v) is 11.6. The fraction of sp³-hybridized carbons (Fsp3) is 0.417. The van der Waals surface area contributed by atoms with Crippen molar-refractivity contribution < 1.29 is 23.1 Å². The number of carboxylic acid groups (broad SMARTS) is 1. The molecule has 0 fully saturated rings. The summed E-state index contributed by atoms with van der Waals surface area (Å²) in [6.45, 7) is 4.00. The molecule has 0 saturated heterocycles. The van der Waals surface area contributed by atoms with Gasteiger partial charge in [-0.1, -0.05) is 26.0 Å². The molecule has 0 heterocycles. The normalized spacial score (nSPS) is 10.6. The van der Waals surface area contributed by atoms with E-state index in [1.807, 2.05) is 13.8 Å². The van der Waals surface area contributed by atoms with Crippen LogP contribution in [0.1, 0.15) is 31.4 Å². The highest BCUT2D eigenvalue weighted by Gasteiger charge is 2.33. The summed E-state index contributed by atoms with van der Waals surface area (Å²) in [5.41, 5.74) is -0.437. The van der Waals surface area contributed by atoms with Crippen molar-refractivity contribution in [3.8, 4) is 0 Å². The number of benzene rings is 1. The molecule has 2 nitrogen and oxygen atoms in total. The van der Waals surface area contributed by atoms with E-state index in [2.05, 4.69) is 15.9 Å². The summed E-state index contributed by atoms with van der Waals surface area (Å²) in [6.07, 6.45) is -4.56. The van der Waals surface area contributed by atoms with Gasteiger partial charge in [-0.3, -0.25) is 4.79 Å². The molecule has 0 atom stereocenters. The third-order valence-corrected chi connectivity index (χ3v) is 2.93. The van der Waals surface area contributed by atoms with Crippen LogP contribution in [0.2, 0.25) is 0 Å². The van der Waals surface area contributed by atoms with Crippen LogP contribution < -0.4 is 0 Å². The predicted octanol–water partition coefficient (Wildman–Crippen LogP) is 4.51. The zero-order chi connectivity index (χ0) is 14.3. The van der Waals surface area contributed by atoms with Crippen LogP contribution in [0.25, 0.3) is 0 Å². The maximum Gasteiger partial charge on any atom is 0.417 e. The number of alkyl halides is 3. The number of rotatable bonds is 3. The number of aliphatic carboxylic acids is 1. The van der Waals surface area contributed by atoms with Crippen LogP contribution in [0.4, 0.5) is 13.2 Å². The Balaban J connectivity index is 0.00000137. The van der Waals surface area contributed by atoms with Crippen molar-refractivity contribution in [2.75, 3.05) is 0 Å². The van der Waals surface area contributed by atoms with Gasteiger partial charge < -0.3 is 5.11 Å². The molecule has 0 aliphatic carbocycles. The molecule has 0 aromatic heterocycles. The van der Waals surface area contributed by atoms with Crippen molar-refractivity contribution in [1.29, 1.82) is 0 Å². The molecule has 0 bridgehead atoms. The van der Waals surface area contributed by atoms with E-state index in [0.717, 1.165) is 6.07 Å². The molecule has 1 N–H and O–H groups in total. The molecule has 0 aliphatic rings. The largest absolute Gasteiger partial charge is 0.481 e. The zero-order valence-electron chi connectivity index (χ0n) is 10.0. The van der Waals surface area contributed by atoms with E-state index < -0.39 is 17.7 Å². The molecule has 1 aromatic rings. The smallest absolute Gasteiger partial charge is 0.417 e. The van der Waals surface area contributed by atoms with E-state index in [-0.39, 0.29) is 17.3 Å². The Morgan fingerprint density at radius 1 is 1.33 bits per heavy atom. The Hall–Kier alpha value is -1.04. The number of hydrogen-bond donors (Lipinski definition) is 1. The summed E-state index contributed by atoms with van der Waals surface area (Å²) in [6, 6.07) is 3.70. The van der Waals surface area contributed by atoms with Crippen molar-refractivity contribution in [1.82, 2.24) is 0 Å². The van der Waals surface area contributed by atoms with Crippen molar-refractivity contribution in [3.63, 3.8) is 0 Å². The fourth-order valence-corrected chi connectivity index (χ4v) is 1.92. The third-order valence-electron chi connectivity index (χ3n) is 1.99. The minimum absolute atomic E-state index is 0.0693. The van der Waals surface area contributed by atoms with E-state index in [4.69, 9.17) is 5.11 Å². The van der Waals surface area contributed by atoms with Gasteiger partial charge in [0.1, 0.15) is 0 Å². The van der Waals surface area contributed by atoms with Crippen molar-refractivity contribution in [2.45, 2.75) is 32.9 Å². The highest BCUT2D eigenvalue weighted by atomic mass is 79.9. The molecule has 18 heavy (non-hydrogen) atoms. The first kappa shape index (κ1) is 17.0. The third kappa shape index (κ3) is 5.08. The summed E-state index contributed by atoms with van der Waals surface area (Å²) in [4.78, 5) is 10.3. The second-order valence-corrected chi connectivity index (χ2v) is 3.96. The first-order valence-corrected chi connectivity index (χ1v) is 6.18. The summed E-state index contributed by atoms with van der Waals surface area (Å²) < 4.78 is 37.4. The van der Waals surface area contributed by atoms with Gasteiger partial charge in [0.25, 0.3) is 0 Å². The van der Waals surface area contributed by atoms with E-state index in [9.17, 15) is 18.0 Å². The maximum absolute atomic E-state index is 12.5. The van der Waals surface area contributed by atoms with E-state index in [0.29, 0.717) is 5.56 Å². The highest BCUT2D eigenvalue weighted by Crippen LogP contribution is 2.36. The van der Waals surface area contributed by atoms with E-state index in [1.165, 1.54) is 12.1 Å². The molecule has 0 amide bonds. The van der Waals surface area contributed by atoms with Crippen molar-refractivity contribution in [3.05, 3.63) is 33.8 Å². The molecule has 102 valence electrons. The van der Waals surface area contributed by atoms with Crippen molar-refractivity contribution >= 4 is 21.9 Å². The van der Waals surface area contributed by atoms with Crippen LogP contribution in [0.15, 0.2) is 22.7 Å². The first-order chi connectivity index (χ1) is 8.32. The minimum atomic E-state index is -4.43. The van der Waals surface area contributed by atoms with Gasteiger partial charge in [-0.25, -0.2) is 0 Å². The highest BCUT2D eigenvalue weighted by molar-refractivity contribution is 9.10. The van der Waals surface area contributed by atoms with Crippen LogP contribution in [0.5, 0.6) is 0 Å². The van der Waals surface area contributed by atoms with Gasteiger partial charge >= 0.3 is 12.1 Å². The van der Waals surface area contributed by atoms with Gasteiger partial charge in [0, 0.05) is 10.9 Å². The molecule has 0 aliphatic heterocycles. The summed E-state index contributed by atoms with van der Waals surface area (Å²) in [5.74, 6) is -1.04. The average molecular weight is 327 g/mol. The Bertz CT molecular complexity index is 403. The summed E-state index contributed by atoms with van der Waals surface area (Å²) in [5, 5.41) is 8.46. The predicted molar refractivity (Wildman–Crippen MR) is 66.4 cm³/mol. The number of carboxylic acids is 1. The fourth-order valence-electron chi connectivity index (χ4n) is 1.23. The number of halogens is 4. The van der Waals surface area contributed by atoms with Crippen LogP contribution in [0.3, 0.4) is 0 Å². The lowest BCUT2D eigenvalue weighted by atomic mass is 10.1. The van der Waals surface area contributed by atoms with Gasteiger partial charge in [-0.2, -0.15) is 13.2 Å². The van der Waals surface area contributed by atoms with Gasteiger partial charge in [0.05, 0.1) is 5.56 Å². The molecule has 6 heteroatoms. The topological polar surface area (TPSA) is 37.3 Å². The van der Waals surface area contributed by atoms with Crippen LogP contribution in [-0.2, 0) is 17.4 Å². The molecule has 1 rings (SSSR count). The SMILES string of the molecule is CC.O=C(O)CCc1cccc(C(F)(F)F)c1Br. The Morgan fingerprint density at radius 2 is 1.89 bits per heavy atom. The van der Waals surface area contributed by atoms with Gasteiger partial charge in [0.2, 0.25) is 0 Å². The lowest BCUT2D eigenvalue weighted by molar-refractivity contribution is -0.138. The van der Waals surface area contributed by atoms with E-state index >= 15 is 0 Å². The Morgan fingerprint density at radius 3 is 2.33 bits per heavy atom. The molecular formula is C12H14BrF3O2. The monoisotopic (exact) mass is 326 g/mol. The van der Waals surface area contributed by atoms with E-state index in [1.54, 1.807) is 0 Å². The molecule has 0 unspecified atom stereocenters. The molecule has 0 saturated carbocycles. The first-order valence-electron chi connectivity index (χ1n) is 5.38. The lowest BCUT2D eigenvalue weighted by Gasteiger charge is -2.11. The standard InChI is InChI=1S/C10H8BrF3O2.C2H6/c11-9-6(4-5-8(15)16)2-1-3-7(9)10(12,13)14;1-2/h1-3H,4-5H2,(H,15,16);1-2H3. The summed E-state index contributed by atoms with van der Waals surface area (Å²) in [7, 11) is 0. The van der Waals surface area contributed by atoms with Crippen LogP contribution in [-0.4, -0.2) is 11.1 Å². The second-order valence-electron chi connectivity index (χ2n) is 3.17. The molecule has 0 radical (unpaired) electrons. The quantitative estimate of drug-likeness (QED) is 0.887. The van der Waals surface area contributed by atoms with Crippen molar-refractivity contribution in [2.24, 2.45) is 0 Å².